The van der Waals surface area contributed by atoms with Gasteiger partial charge in [-0.2, -0.15) is 0 Å². The van der Waals surface area contributed by atoms with Crippen molar-refractivity contribution in [2.45, 2.75) is 40.5 Å². The third-order valence-electron chi connectivity index (χ3n) is 11.3. The van der Waals surface area contributed by atoms with Crippen LogP contribution in [0.3, 0.4) is 0 Å². The van der Waals surface area contributed by atoms with E-state index in [9.17, 15) is 19.2 Å². The predicted molar refractivity (Wildman–Crippen MR) is 231 cm³/mol. The first-order valence-electron chi connectivity index (χ1n) is 20.7. The first-order valence-corrected chi connectivity index (χ1v) is 20.7. The second kappa shape index (κ2) is 19.8. The molecule has 0 radical (unpaired) electrons. The van der Waals surface area contributed by atoms with E-state index in [4.69, 9.17) is 0 Å². The number of nitrogens with one attached hydrogen (secondary N) is 4. The van der Waals surface area contributed by atoms with Crippen molar-refractivity contribution in [2.24, 2.45) is 0 Å². The highest BCUT2D eigenvalue weighted by atomic mass is 16.1. The minimum absolute atomic E-state index is 0.175. The van der Waals surface area contributed by atoms with E-state index in [2.05, 4.69) is 80.7 Å². The molecule has 0 saturated carbocycles. The van der Waals surface area contributed by atoms with Crippen molar-refractivity contribution in [3.05, 3.63) is 106 Å². The molecule has 0 saturated heterocycles. The van der Waals surface area contributed by atoms with Crippen LogP contribution in [0.2, 0.25) is 0 Å². The highest BCUT2D eigenvalue weighted by Gasteiger charge is 2.35. The topological polar surface area (TPSA) is 152 Å². The molecule has 4 aromatic rings. The van der Waals surface area contributed by atoms with Gasteiger partial charge in [-0.25, -0.2) is 0 Å². The van der Waals surface area contributed by atoms with Gasteiger partial charge in [-0.1, -0.05) is 27.7 Å². The number of ketones is 4. The van der Waals surface area contributed by atoms with Crippen LogP contribution in [0.15, 0.2) is 61.2 Å². The molecule has 58 heavy (non-hydrogen) atoms. The molecule has 0 atom stereocenters. The fourth-order valence-electron chi connectivity index (χ4n) is 7.86. The average molecular weight is 788 g/mol. The number of carbonyl (C=O) groups is 4. The van der Waals surface area contributed by atoms with Gasteiger partial charge in [-0.3, -0.25) is 29.1 Å². The van der Waals surface area contributed by atoms with E-state index in [0.717, 1.165) is 65.2 Å². The smallest absolute Gasteiger partial charge is 0.198 e. The van der Waals surface area contributed by atoms with Crippen LogP contribution in [0, 0.1) is 0 Å². The molecule has 2 aliphatic carbocycles. The Kier molecular flexibility index (Phi) is 14.4. The molecule has 13 heteroatoms. The van der Waals surface area contributed by atoms with E-state index in [1.165, 1.54) is 12.4 Å². The number of hydrogen-bond donors (Lipinski definition) is 4. The minimum Gasteiger partial charge on any atom is -0.384 e. The highest BCUT2D eigenvalue weighted by molar-refractivity contribution is 6.32. The Morgan fingerprint density at radius 3 is 1.12 bits per heavy atom. The molecular formula is C45H57N9O4. The second-order valence-corrected chi connectivity index (χ2v) is 14.8. The molecule has 0 spiro atoms. The van der Waals surface area contributed by atoms with Crippen molar-refractivity contribution in [3.8, 4) is 0 Å². The molecule has 0 unspecified atom stereocenters. The zero-order valence-corrected chi connectivity index (χ0v) is 34.5. The van der Waals surface area contributed by atoms with Gasteiger partial charge in [0.15, 0.2) is 23.1 Å². The molecule has 0 fully saturated rings. The summed E-state index contributed by atoms with van der Waals surface area (Å²) in [5.41, 5.74) is 5.63. The van der Waals surface area contributed by atoms with Gasteiger partial charge < -0.3 is 36.0 Å². The standard InChI is InChI=1S/C45H57N9O4/c1-6-53(7-2)26-22-50-36-14-12-34(40-38(36)42(55)30-16-20-46-28-32(30)44(40)57)48-18-10-24-52(5)25-11-19-49-35-13-15-37(51-23-27-54(8-3)9-4)39-41(35)45(58)33-29-47-21-17-31(33)43(39)56/h12-17,20-21,28-29,48-51H,6-11,18-19,22-27H2,1-5H3. The summed E-state index contributed by atoms with van der Waals surface area (Å²) in [5.74, 6) is -0.754. The summed E-state index contributed by atoms with van der Waals surface area (Å²) in [4.78, 5) is 70.4. The fourth-order valence-corrected chi connectivity index (χ4v) is 7.86. The molecule has 0 bridgehead atoms. The average Bonchev–Trinajstić information content (AvgIpc) is 3.25. The summed E-state index contributed by atoms with van der Waals surface area (Å²) < 4.78 is 0. The lowest BCUT2D eigenvalue weighted by atomic mass is 9.83. The Morgan fingerprint density at radius 2 is 0.776 bits per heavy atom. The number of fused-ring (bicyclic) bond motifs is 4. The van der Waals surface area contributed by atoms with Crippen LogP contribution in [-0.2, 0) is 0 Å². The molecule has 6 rings (SSSR count). The molecule has 2 aromatic carbocycles. The maximum atomic E-state index is 13.8. The van der Waals surface area contributed by atoms with Crippen molar-refractivity contribution in [1.29, 1.82) is 0 Å². The van der Waals surface area contributed by atoms with Crippen molar-refractivity contribution >= 4 is 45.9 Å². The van der Waals surface area contributed by atoms with Crippen LogP contribution in [0.25, 0.3) is 0 Å². The molecule has 306 valence electrons. The van der Waals surface area contributed by atoms with Crippen molar-refractivity contribution in [1.82, 2.24) is 24.7 Å². The SMILES string of the molecule is CCN(CC)CCNc1ccc(NCCCN(C)CCCNc2ccc(NCCN(CC)CC)c3c2C(=O)c2cnccc2C3=O)c2c1C(=O)c1ccncc1C2=O. The van der Waals surface area contributed by atoms with Gasteiger partial charge in [-0.15, -0.1) is 0 Å². The normalized spacial score (nSPS) is 13.1. The highest BCUT2D eigenvalue weighted by Crippen LogP contribution is 2.38. The largest absolute Gasteiger partial charge is 0.384 e. The predicted octanol–water partition coefficient (Wildman–Crippen LogP) is 5.77. The fraction of sp³-hybridized carbons (Fsp3) is 0.422. The van der Waals surface area contributed by atoms with Gasteiger partial charge in [-0.05, 0) is 95.6 Å². The zero-order chi connectivity index (χ0) is 41.2. The van der Waals surface area contributed by atoms with E-state index in [1.54, 1.807) is 24.5 Å². The number of anilines is 4. The van der Waals surface area contributed by atoms with Crippen LogP contribution in [0.4, 0.5) is 22.7 Å². The quantitative estimate of drug-likeness (QED) is 0.0617. The van der Waals surface area contributed by atoms with Crippen molar-refractivity contribution in [3.63, 3.8) is 0 Å². The first-order chi connectivity index (χ1) is 28.2. The second-order valence-electron chi connectivity index (χ2n) is 14.8. The van der Waals surface area contributed by atoms with Gasteiger partial charge >= 0.3 is 0 Å². The summed E-state index contributed by atoms with van der Waals surface area (Å²) in [6, 6.07) is 10.8. The first kappa shape index (κ1) is 42.1. The van der Waals surface area contributed by atoms with Gasteiger partial charge in [0.1, 0.15) is 0 Å². The van der Waals surface area contributed by atoms with Gasteiger partial charge in [0.25, 0.3) is 0 Å². The maximum Gasteiger partial charge on any atom is 0.198 e. The Balaban J connectivity index is 1.05. The number of carbonyl (C=O) groups excluding carboxylic acids is 4. The van der Waals surface area contributed by atoms with E-state index < -0.39 is 0 Å². The Labute approximate surface area is 342 Å². The lowest BCUT2D eigenvalue weighted by molar-refractivity contribution is 0.0980. The van der Waals surface area contributed by atoms with Gasteiger partial charge in [0.2, 0.25) is 0 Å². The summed E-state index contributed by atoms with van der Waals surface area (Å²) in [7, 11) is 2.07. The lowest BCUT2D eigenvalue weighted by Crippen LogP contribution is -2.30. The Morgan fingerprint density at radius 1 is 0.448 bits per heavy atom. The Hall–Kier alpha value is -5.50. The summed E-state index contributed by atoms with van der Waals surface area (Å²) >= 11 is 0. The molecule has 13 nitrogen and oxygen atoms in total. The summed E-state index contributed by atoms with van der Waals surface area (Å²) in [6.45, 7) is 18.0. The van der Waals surface area contributed by atoms with Gasteiger partial charge in [0.05, 0.1) is 33.4 Å². The van der Waals surface area contributed by atoms with Crippen LogP contribution in [-0.4, -0.2) is 133 Å². The van der Waals surface area contributed by atoms with Crippen molar-refractivity contribution in [2.75, 3.05) is 107 Å². The van der Waals surface area contributed by atoms with E-state index in [1.807, 2.05) is 24.3 Å². The zero-order valence-electron chi connectivity index (χ0n) is 34.5. The molecular weight excluding hydrogens is 731 g/mol. The minimum atomic E-state index is -0.202. The number of pyridine rings is 2. The molecule has 2 aliphatic rings. The molecule has 4 N–H and O–H groups in total. The molecule has 2 aromatic heterocycles. The van der Waals surface area contributed by atoms with Gasteiger partial charge in [0, 0.05) is 97.9 Å². The third-order valence-corrected chi connectivity index (χ3v) is 11.3. The molecule has 2 heterocycles. The van der Waals surface area contributed by atoms with Crippen molar-refractivity contribution < 1.29 is 19.2 Å². The summed E-state index contributed by atoms with van der Waals surface area (Å²) in [5, 5.41) is 13.8. The van der Waals surface area contributed by atoms with Crippen LogP contribution >= 0.6 is 0 Å². The molecule has 0 amide bonds. The number of benzene rings is 2. The monoisotopic (exact) mass is 787 g/mol. The third kappa shape index (κ3) is 9.12. The number of nitrogens with zero attached hydrogens (tertiary/aromatic N) is 5. The summed E-state index contributed by atoms with van der Waals surface area (Å²) in [6.07, 6.45) is 7.69. The van der Waals surface area contributed by atoms with E-state index in [0.29, 0.717) is 93.4 Å². The van der Waals surface area contributed by atoms with Crippen LogP contribution in [0.5, 0.6) is 0 Å². The maximum absolute atomic E-state index is 13.8. The number of aromatic nitrogens is 2. The van der Waals surface area contributed by atoms with Crippen LogP contribution in [0.1, 0.15) is 104 Å². The number of rotatable bonds is 22. The van der Waals surface area contributed by atoms with E-state index in [-0.39, 0.29) is 23.1 Å². The Bertz CT molecular complexity index is 1980. The molecule has 0 aliphatic heterocycles. The van der Waals surface area contributed by atoms with Crippen LogP contribution < -0.4 is 21.3 Å². The number of hydrogen-bond acceptors (Lipinski definition) is 13. The number of likely N-dealkylation sites (N-methyl/N-ethyl adjacent to an activating group) is 2. The lowest BCUT2D eigenvalue weighted by Gasteiger charge is -2.25. The van der Waals surface area contributed by atoms with E-state index >= 15 is 0 Å².